The Kier molecular flexibility index (Phi) is 6.65. The van der Waals surface area contributed by atoms with Crippen molar-refractivity contribution >= 4 is 5.96 Å². The van der Waals surface area contributed by atoms with Crippen LogP contribution in [-0.2, 0) is 11.3 Å². The summed E-state index contributed by atoms with van der Waals surface area (Å²) in [6.07, 6.45) is 3.38. The quantitative estimate of drug-likeness (QED) is 0.645. The Hall–Kier alpha value is -1.82. The maximum atomic E-state index is 13.3. The Labute approximate surface area is 137 Å². The topological polar surface area (TPSA) is 57.1 Å². The van der Waals surface area contributed by atoms with Gasteiger partial charge in [-0.1, -0.05) is 6.07 Å². The highest BCUT2D eigenvalue weighted by Gasteiger charge is 2.15. The molecular weight excluding hydrogens is 297 g/mol. The van der Waals surface area contributed by atoms with Gasteiger partial charge in [0, 0.05) is 40.4 Å². The summed E-state index contributed by atoms with van der Waals surface area (Å²) in [6, 6.07) is 4.39. The zero-order valence-corrected chi connectivity index (χ0v) is 13.9. The van der Waals surface area contributed by atoms with Gasteiger partial charge in [-0.3, -0.25) is 4.99 Å². The minimum absolute atomic E-state index is 0.327. The zero-order valence-electron chi connectivity index (χ0n) is 13.9. The summed E-state index contributed by atoms with van der Waals surface area (Å²) >= 11 is 0. The lowest BCUT2D eigenvalue weighted by atomic mass is 9.96. The van der Waals surface area contributed by atoms with Gasteiger partial charge in [0.05, 0.1) is 0 Å². The van der Waals surface area contributed by atoms with Crippen LogP contribution in [0.4, 0.5) is 4.39 Å². The van der Waals surface area contributed by atoms with Crippen LogP contribution >= 0.6 is 0 Å². The monoisotopic (exact) mass is 323 g/mol. The van der Waals surface area contributed by atoms with Crippen LogP contribution in [0, 0.1) is 11.7 Å². The Morgan fingerprint density at radius 3 is 2.83 bits per heavy atom. The van der Waals surface area contributed by atoms with Gasteiger partial charge in [-0.2, -0.15) is 0 Å². The van der Waals surface area contributed by atoms with Crippen LogP contribution in [-0.4, -0.2) is 49.8 Å². The van der Waals surface area contributed by atoms with Crippen molar-refractivity contribution in [2.24, 2.45) is 10.9 Å². The fourth-order valence-electron chi connectivity index (χ4n) is 2.74. The van der Waals surface area contributed by atoms with Crippen molar-refractivity contribution in [1.82, 2.24) is 10.2 Å². The summed E-state index contributed by atoms with van der Waals surface area (Å²) in [6.45, 7) is 3.13. The molecule has 1 saturated heterocycles. The van der Waals surface area contributed by atoms with Crippen molar-refractivity contribution in [3.63, 3.8) is 0 Å². The van der Waals surface area contributed by atoms with Gasteiger partial charge in [0.25, 0.3) is 0 Å². The molecule has 128 valence electrons. The Balaban J connectivity index is 1.80. The average molecular weight is 323 g/mol. The molecule has 1 aromatic carbocycles. The molecule has 1 aromatic rings. The molecule has 0 aromatic heterocycles. The van der Waals surface area contributed by atoms with Crippen molar-refractivity contribution in [1.29, 1.82) is 0 Å². The normalized spacial score (nSPS) is 16.4. The molecular formula is C17H26FN3O2. The highest BCUT2D eigenvalue weighted by Crippen LogP contribution is 2.18. The van der Waals surface area contributed by atoms with Gasteiger partial charge in [0.1, 0.15) is 0 Å². The van der Waals surface area contributed by atoms with E-state index in [4.69, 9.17) is 4.74 Å². The summed E-state index contributed by atoms with van der Waals surface area (Å²) in [7, 11) is 3.75. The predicted molar refractivity (Wildman–Crippen MR) is 89.1 cm³/mol. The Bertz CT molecular complexity index is 531. The van der Waals surface area contributed by atoms with E-state index in [9.17, 15) is 9.50 Å². The van der Waals surface area contributed by atoms with Gasteiger partial charge in [0.15, 0.2) is 17.5 Å². The molecule has 5 nitrogen and oxygen atoms in total. The number of nitrogens with zero attached hydrogens (tertiary/aromatic N) is 2. The molecule has 23 heavy (non-hydrogen) atoms. The molecule has 0 unspecified atom stereocenters. The number of aliphatic imine (C=N–C) groups is 1. The summed E-state index contributed by atoms with van der Waals surface area (Å²) in [5.74, 6) is 0.569. The lowest BCUT2D eigenvalue weighted by Gasteiger charge is -2.26. The number of phenols is 1. The van der Waals surface area contributed by atoms with Crippen molar-refractivity contribution in [3.8, 4) is 5.75 Å². The smallest absolute Gasteiger partial charge is 0.193 e. The van der Waals surface area contributed by atoms with Crippen LogP contribution in [0.25, 0.3) is 0 Å². The zero-order chi connectivity index (χ0) is 16.7. The van der Waals surface area contributed by atoms with Gasteiger partial charge >= 0.3 is 0 Å². The third-order valence-corrected chi connectivity index (χ3v) is 4.25. The number of halogens is 1. The highest BCUT2D eigenvalue weighted by atomic mass is 19.1. The summed E-state index contributed by atoms with van der Waals surface area (Å²) in [5.41, 5.74) is 0.763. The fraction of sp³-hybridized carbons (Fsp3) is 0.588. The molecule has 0 aliphatic carbocycles. The summed E-state index contributed by atoms with van der Waals surface area (Å²) in [5, 5.41) is 12.4. The molecule has 0 radical (unpaired) electrons. The van der Waals surface area contributed by atoms with Crippen molar-refractivity contribution in [2.45, 2.75) is 25.8 Å². The van der Waals surface area contributed by atoms with Crippen LogP contribution in [0.15, 0.2) is 23.2 Å². The van der Waals surface area contributed by atoms with Crippen LogP contribution < -0.4 is 5.32 Å². The second kappa shape index (κ2) is 8.72. The maximum Gasteiger partial charge on any atom is 0.193 e. The molecule has 2 N–H and O–H groups in total. The van der Waals surface area contributed by atoms with E-state index in [0.717, 1.165) is 56.5 Å². The van der Waals surface area contributed by atoms with Gasteiger partial charge in [-0.05, 0) is 42.9 Å². The first-order valence-corrected chi connectivity index (χ1v) is 8.07. The van der Waals surface area contributed by atoms with E-state index in [1.165, 1.54) is 12.1 Å². The van der Waals surface area contributed by atoms with E-state index in [1.807, 2.05) is 7.05 Å². The molecule has 2 rings (SSSR count). The Morgan fingerprint density at radius 2 is 2.17 bits per heavy atom. The maximum absolute atomic E-state index is 13.3. The molecule has 0 atom stereocenters. The van der Waals surface area contributed by atoms with Gasteiger partial charge < -0.3 is 20.1 Å². The van der Waals surface area contributed by atoms with Gasteiger partial charge in [0.2, 0.25) is 0 Å². The van der Waals surface area contributed by atoms with E-state index in [-0.39, 0.29) is 5.75 Å². The van der Waals surface area contributed by atoms with Crippen molar-refractivity contribution in [3.05, 3.63) is 29.6 Å². The van der Waals surface area contributed by atoms with Crippen molar-refractivity contribution in [2.75, 3.05) is 33.9 Å². The van der Waals surface area contributed by atoms with Crippen LogP contribution in [0.3, 0.4) is 0 Å². The number of rotatable bonds is 5. The number of benzene rings is 1. The van der Waals surface area contributed by atoms with E-state index in [0.29, 0.717) is 6.54 Å². The molecule has 0 saturated carbocycles. The number of hydrogen-bond donors (Lipinski definition) is 2. The Morgan fingerprint density at radius 1 is 1.43 bits per heavy atom. The first-order valence-electron chi connectivity index (χ1n) is 8.07. The highest BCUT2D eigenvalue weighted by molar-refractivity contribution is 5.79. The first kappa shape index (κ1) is 17.5. The van der Waals surface area contributed by atoms with E-state index < -0.39 is 5.82 Å². The van der Waals surface area contributed by atoms with E-state index in [1.54, 1.807) is 13.1 Å². The number of aromatic hydroxyl groups is 1. The number of phenolic OH excluding ortho intramolecular Hbond substituents is 1. The standard InChI is InChI=1S/C17H26FN3O2/c1-19-17(20-12-14-3-4-16(22)15(18)11-14)21(2)8-5-13-6-9-23-10-7-13/h3-4,11,13,22H,5-10,12H2,1-2H3,(H,19,20). The third-order valence-electron chi connectivity index (χ3n) is 4.25. The summed E-state index contributed by atoms with van der Waals surface area (Å²) in [4.78, 5) is 6.36. The molecule has 1 aliphatic heterocycles. The largest absolute Gasteiger partial charge is 0.505 e. The lowest BCUT2D eigenvalue weighted by molar-refractivity contribution is 0.0625. The lowest BCUT2D eigenvalue weighted by Crippen LogP contribution is -2.39. The van der Waals surface area contributed by atoms with Crippen molar-refractivity contribution < 1.29 is 14.2 Å². The number of guanidine groups is 1. The second-order valence-electron chi connectivity index (χ2n) is 5.95. The van der Waals surface area contributed by atoms with Gasteiger partial charge in [-0.25, -0.2) is 4.39 Å². The van der Waals surface area contributed by atoms with E-state index >= 15 is 0 Å². The minimum Gasteiger partial charge on any atom is -0.505 e. The molecule has 1 aliphatic rings. The number of ether oxygens (including phenoxy) is 1. The van der Waals surface area contributed by atoms with Crippen LogP contribution in [0.2, 0.25) is 0 Å². The van der Waals surface area contributed by atoms with Crippen LogP contribution in [0.5, 0.6) is 5.75 Å². The minimum atomic E-state index is -0.604. The fourth-order valence-corrected chi connectivity index (χ4v) is 2.74. The molecule has 1 fully saturated rings. The molecule has 0 amide bonds. The summed E-state index contributed by atoms with van der Waals surface area (Å²) < 4.78 is 18.7. The molecule has 6 heteroatoms. The predicted octanol–water partition coefficient (Wildman–Crippen LogP) is 2.36. The number of nitrogens with one attached hydrogen (secondary N) is 1. The molecule has 0 bridgehead atoms. The SMILES string of the molecule is CN=C(NCc1ccc(O)c(F)c1)N(C)CCC1CCOCC1. The van der Waals surface area contributed by atoms with Gasteiger partial charge in [-0.15, -0.1) is 0 Å². The second-order valence-corrected chi connectivity index (χ2v) is 5.95. The average Bonchev–Trinajstić information content (AvgIpc) is 2.57. The third kappa shape index (κ3) is 5.39. The molecule has 1 heterocycles. The molecule has 0 spiro atoms. The van der Waals surface area contributed by atoms with Crippen LogP contribution in [0.1, 0.15) is 24.8 Å². The first-order chi connectivity index (χ1) is 11.1. The van der Waals surface area contributed by atoms with E-state index in [2.05, 4.69) is 15.2 Å². The number of hydrogen-bond acceptors (Lipinski definition) is 3.